The summed E-state index contributed by atoms with van der Waals surface area (Å²) in [4.78, 5) is 21.8. The summed E-state index contributed by atoms with van der Waals surface area (Å²) >= 11 is 0. The third-order valence-corrected chi connectivity index (χ3v) is 3.24. The van der Waals surface area contributed by atoms with Gasteiger partial charge >= 0.3 is 5.97 Å². The summed E-state index contributed by atoms with van der Waals surface area (Å²) in [6.45, 7) is -0.256. The highest BCUT2D eigenvalue weighted by molar-refractivity contribution is 5.89. The molecule has 0 amide bonds. The van der Waals surface area contributed by atoms with Crippen LogP contribution >= 0.6 is 0 Å². The highest BCUT2D eigenvalue weighted by atomic mass is 19.3. The van der Waals surface area contributed by atoms with Crippen LogP contribution in [-0.2, 0) is 11.3 Å². The fourth-order valence-corrected chi connectivity index (χ4v) is 2.06. The van der Waals surface area contributed by atoms with Crippen molar-refractivity contribution in [3.05, 3.63) is 69.3 Å². The standard InChI is InChI=1S/C16H13F2NO5/c1-23-16(20)10-6-7-14(12(8-10)15(17)18)24-9-11-4-2-3-5-13(11)19(21)22/h2-8,15H,9H2,1H3. The van der Waals surface area contributed by atoms with Crippen molar-refractivity contribution in [2.24, 2.45) is 0 Å². The summed E-state index contributed by atoms with van der Waals surface area (Å²) < 4.78 is 36.1. The molecule has 0 aromatic heterocycles. The Balaban J connectivity index is 2.27. The number of carbonyl (C=O) groups excluding carboxylic acids is 1. The summed E-state index contributed by atoms with van der Waals surface area (Å²) in [6, 6.07) is 9.33. The van der Waals surface area contributed by atoms with Crippen molar-refractivity contribution < 1.29 is 28.0 Å². The number of halogens is 2. The van der Waals surface area contributed by atoms with Crippen molar-refractivity contribution in [1.29, 1.82) is 0 Å². The number of nitrogens with zero attached hydrogens (tertiary/aromatic N) is 1. The van der Waals surface area contributed by atoms with E-state index in [1.807, 2.05) is 0 Å². The van der Waals surface area contributed by atoms with Crippen LogP contribution in [0.1, 0.15) is 27.9 Å². The molecule has 8 heteroatoms. The van der Waals surface area contributed by atoms with Gasteiger partial charge in [-0.3, -0.25) is 10.1 Å². The summed E-state index contributed by atoms with van der Waals surface area (Å²) in [5.74, 6) is -0.905. The van der Waals surface area contributed by atoms with Gasteiger partial charge < -0.3 is 9.47 Å². The van der Waals surface area contributed by atoms with Gasteiger partial charge in [0.2, 0.25) is 0 Å². The minimum Gasteiger partial charge on any atom is -0.488 e. The first-order valence-electron chi connectivity index (χ1n) is 6.79. The van der Waals surface area contributed by atoms with Crippen LogP contribution in [0.2, 0.25) is 0 Å². The Hall–Kier alpha value is -3.03. The zero-order valence-corrected chi connectivity index (χ0v) is 12.6. The molecule has 6 nitrogen and oxygen atoms in total. The van der Waals surface area contributed by atoms with Gasteiger partial charge in [-0.1, -0.05) is 12.1 Å². The van der Waals surface area contributed by atoms with Crippen LogP contribution in [0.3, 0.4) is 0 Å². The SMILES string of the molecule is COC(=O)c1ccc(OCc2ccccc2[N+](=O)[O-])c(C(F)F)c1. The average molecular weight is 337 g/mol. The van der Waals surface area contributed by atoms with Crippen LogP contribution in [0, 0.1) is 10.1 Å². The Morgan fingerprint density at radius 2 is 1.96 bits per heavy atom. The maximum Gasteiger partial charge on any atom is 0.337 e. The molecular weight excluding hydrogens is 324 g/mol. The Labute approximate surface area is 135 Å². The summed E-state index contributed by atoms with van der Waals surface area (Å²) in [5.41, 5.74) is -0.440. The highest BCUT2D eigenvalue weighted by Crippen LogP contribution is 2.31. The third-order valence-electron chi connectivity index (χ3n) is 3.24. The Morgan fingerprint density at radius 1 is 1.25 bits per heavy atom. The Kier molecular flexibility index (Phi) is 5.41. The van der Waals surface area contributed by atoms with Gasteiger partial charge in [-0.25, -0.2) is 13.6 Å². The molecule has 0 fully saturated rings. The molecule has 0 aliphatic rings. The van der Waals surface area contributed by atoms with E-state index < -0.39 is 22.9 Å². The van der Waals surface area contributed by atoms with Gasteiger partial charge in [-0.15, -0.1) is 0 Å². The number of nitro groups is 1. The molecule has 0 atom stereocenters. The molecule has 0 N–H and O–H groups in total. The van der Waals surface area contributed by atoms with Gasteiger partial charge in [-0.2, -0.15) is 0 Å². The summed E-state index contributed by atoms with van der Waals surface area (Å²) in [6.07, 6.45) is -2.88. The molecule has 0 saturated carbocycles. The lowest BCUT2D eigenvalue weighted by Gasteiger charge is -2.12. The van der Waals surface area contributed by atoms with Crippen molar-refractivity contribution in [3.63, 3.8) is 0 Å². The van der Waals surface area contributed by atoms with E-state index in [0.29, 0.717) is 0 Å². The van der Waals surface area contributed by atoms with Crippen LogP contribution in [0.4, 0.5) is 14.5 Å². The number of hydrogen-bond donors (Lipinski definition) is 0. The number of para-hydroxylation sites is 1. The summed E-state index contributed by atoms with van der Waals surface area (Å²) in [5, 5.41) is 10.9. The number of nitro benzene ring substituents is 1. The number of esters is 1. The normalized spacial score (nSPS) is 10.5. The molecule has 0 radical (unpaired) electrons. The molecule has 126 valence electrons. The second kappa shape index (κ2) is 7.49. The lowest BCUT2D eigenvalue weighted by atomic mass is 10.1. The first-order valence-corrected chi connectivity index (χ1v) is 6.79. The largest absolute Gasteiger partial charge is 0.488 e. The van der Waals surface area contributed by atoms with Crippen LogP contribution < -0.4 is 4.74 Å². The van der Waals surface area contributed by atoms with Crippen molar-refractivity contribution in [2.75, 3.05) is 7.11 Å². The van der Waals surface area contributed by atoms with E-state index in [-0.39, 0.29) is 29.2 Å². The number of carbonyl (C=O) groups is 1. The second-order valence-electron chi connectivity index (χ2n) is 4.72. The van der Waals surface area contributed by atoms with Crippen molar-refractivity contribution in [2.45, 2.75) is 13.0 Å². The molecule has 0 aliphatic heterocycles. The molecule has 0 bridgehead atoms. The van der Waals surface area contributed by atoms with Gasteiger partial charge in [0.25, 0.3) is 12.1 Å². The number of rotatable bonds is 6. The second-order valence-corrected chi connectivity index (χ2v) is 4.72. The molecule has 2 aromatic carbocycles. The van der Waals surface area contributed by atoms with Gasteiger partial charge in [-0.05, 0) is 24.3 Å². The molecule has 2 aromatic rings. The molecule has 0 saturated heterocycles. The van der Waals surface area contributed by atoms with Crippen LogP contribution in [0.15, 0.2) is 42.5 Å². The molecule has 0 heterocycles. The van der Waals surface area contributed by atoms with Crippen LogP contribution in [0.5, 0.6) is 5.75 Å². The predicted molar refractivity (Wildman–Crippen MR) is 80.2 cm³/mol. The van der Waals surface area contributed by atoms with E-state index in [0.717, 1.165) is 13.2 Å². The first kappa shape index (κ1) is 17.3. The van der Waals surface area contributed by atoms with Gasteiger partial charge in [0.1, 0.15) is 12.4 Å². The fraction of sp³-hybridized carbons (Fsp3) is 0.188. The van der Waals surface area contributed by atoms with E-state index in [1.165, 1.54) is 30.3 Å². The molecule has 2 rings (SSSR count). The average Bonchev–Trinajstić information content (AvgIpc) is 2.59. The molecular formula is C16H13F2NO5. The van der Waals surface area contributed by atoms with Crippen molar-refractivity contribution >= 4 is 11.7 Å². The van der Waals surface area contributed by atoms with Crippen molar-refractivity contribution in [1.82, 2.24) is 0 Å². The zero-order valence-electron chi connectivity index (χ0n) is 12.6. The fourth-order valence-electron chi connectivity index (χ4n) is 2.06. The number of ether oxygens (including phenoxy) is 2. The van der Waals surface area contributed by atoms with Gasteiger partial charge in [0.15, 0.2) is 0 Å². The van der Waals surface area contributed by atoms with Gasteiger partial charge in [0, 0.05) is 6.07 Å². The lowest BCUT2D eigenvalue weighted by molar-refractivity contribution is -0.385. The minimum absolute atomic E-state index is 0.0363. The quantitative estimate of drug-likeness (QED) is 0.454. The maximum absolute atomic E-state index is 13.2. The Bertz CT molecular complexity index is 764. The smallest absolute Gasteiger partial charge is 0.337 e. The van der Waals surface area contributed by atoms with Crippen LogP contribution in [0.25, 0.3) is 0 Å². The van der Waals surface area contributed by atoms with E-state index in [2.05, 4.69) is 4.74 Å². The highest BCUT2D eigenvalue weighted by Gasteiger charge is 2.19. The van der Waals surface area contributed by atoms with E-state index in [9.17, 15) is 23.7 Å². The van der Waals surface area contributed by atoms with Crippen LogP contribution in [-0.4, -0.2) is 18.0 Å². The van der Waals surface area contributed by atoms with E-state index >= 15 is 0 Å². The molecule has 0 unspecified atom stereocenters. The number of alkyl halides is 2. The maximum atomic E-state index is 13.2. The third kappa shape index (κ3) is 3.83. The number of hydrogen-bond acceptors (Lipinski definition) is 5. The minimum atomic E-state index is -2.88. The molecule has 0 aliphatic carbocycles. The predicted octanol–water partition coefficient (Wildman–Crippen LogP) is 3.90. The number of benzene rings is 2. The van der Waals surface area contributed by atoms with E-state index in [1.54, 1.807) is 6.07 Å². The van der Waals surface area contributed by atoms with Gasteiger partial charge in [0.05, 0.1) is 28.7 Å². The Morgan fingerprint density at radius 3 is 2.58 bits per heavy atom. The zero-order chi connectivity index (χ0) is 17.7. The van der Waals surface area contributed by atoms with Crippen molar-refractivity contribution in [3.8, 4) is 5.75 Å². The lowest BCUT2D eigenvalue weighted by Crippen LogP contribution is -2.05. The van der Waals surface area contributed by atoms with E-state index in [4.69, 9.17) is 4.74 Å². The topological polar surface area (TPSA) is 78.7 Å². The number of methoxy groups -OCH3 is 1. The summed E-state index contributed by atoms with van der Waals surface area (Å²) in [7, 11) is 1.14. The molecule has 24 heavy (non-hydrogen) atoms. The monoisotopic (exact) mass is 337 g/mol. The molecule has 0 spiro atoms. The first-order chi connectivity index (χ1) is 11.4.